The third-order valence-corrected chi connectivity index (χ3v) is 2.41. The smallest absolute Gasteiger partial charge is 0.338 e. The Bertz CT molecular complexity index is 597. The molecule has 6 heteroatoms. The molecule has 0 fully saturated rings. The molecule has 0 saturated carbocycles. The summed E-state index contributed by atoms with van der Waals surface area (Å²) in [5.41, 5.74) is 6.40. The molecule has 2 aromatic rings. The van der Waals surface area contributed by atoms with Crippen molar-refractivity contribution in [3.05, 3.63) is 54.2 Å². The van der Waals surface area contributed by atoms with Gasteiger partial charge in [0.15, 0.2) is 6.61 Å². The van der Waals surface area contributed by atoms with Crippen molar-refractivity contribution in [1.29, 1.82) is 0 Å². The van der Waals surface area contributed by atoms with Crippen LogP contribution in [0.15, 0.2) is 48.7 Å². The Morgan fingerprint density at radius 1 is 1.15 bits per heavy atom. The Hall–Kier alpha value is -2.89. The fourth-order valence-corrected chi connectivity index (χ4v) is 1.45. The van der Waals surface area contributed by atoms with Crippen molar-refractivity contribution in [2.24, 2.45) is 0 Å². The van der Waals surface area contributed by atoms with E-state index in [4.69, 9.17) is 10.5 Å². The lowest BCUT2D eigenvalue weighted by Crippen LogP contribution is -2.21. The number of nitrogens with two attached hydrogens (primary N) is 1. The van der Waals surface area contributed by atoms with Crippen LogP contribution >= 0.6 is 0 Å². The zero-order valence-corrected chi connectivity index (χ0v) is 10.6. The van der Waals surface area contributed by atoms with Gasteiger partial charge in [0.2, 0.25) is 0 Å². The number of nitrogen functional groups attached to an aromatic ring is 1. The second-order valence-corrected chi connectivity index (χ2v) is 3.96. The molecule has 102 valence electrons. The predicted octanol–water partition coefficient (Wildman–Crippen LogP) is 1.46. The Morgan fingerprint density at radius 3 is 2.55 bits per heavy atom. The molecule has 20 heavy (non-hydrogen) atoms. The second-order valence-electron chi connectivity index (χ2n) is 3.96. The first-order chi connectivity index (χ1) is 9.65. The van der Waals surface area contributed by atoms with Crippen molar-refractivity contribution < 1.29 is 14.3 Å². The van der Waals surface area contributed by atoms with Gasteiger partial charge in [-0.1, -0.05) is 6.07 Å². The largest absolute Gasteiger partial charge is 0.452 e. The van der Waals surface area contributed by atoms with E-state index in [1.54, 1.807) is 36.5 Å². The number of hydrogen-bond acceptors (Lipinski definition) is 5. The van der Waals surface area contributed by atoms with E-state index in [2.05, 4.69) is 10.3 Å². The quantitative estimate of drug-likeness (QED) is 0.648. The van der Waals surface area contributed by atoms with Crippen molar-refractivity contribution in [2.45, 2.75) is 0 Å². The third kappa shape index (κ3) is 3.81. The molecule has 1 aromatic heterocycles. The predicted molar refractivity (Wildman–Crippen MR) is 74.0 cm³/mol. The van der Waals surface area contributed by atoms with Crippen LogP contribution in [0.25, 0.3) is 0 Å². The van der Waals surface area contributed by atoms with E-state index in [1.165, 1.54) is 12.1 Å². The van der Waals surface area contributed by atoms with E-state index in [-0.39, 0.29) is 6.61 Å². The van der Waals surface area contributed by atoms with Gasteiger partial charge in [-0.05, 0) is 36.4 Å². The Balaban J connectivity index is 1.84. The molecule has 0 spiro atoms. The number of pyridine rings is 1. The lowest BCUT2D eigenvalue weighted by molar-refractivity contribution is -0.119. The maximum Gasteiger partial charge on any atom is 0.338 e. The molecular weight excluding hydrogens is 258 g/mol. The van der Waals surface area contributed by atoms with Crippen LogP contribution in [0.4, 0.5) is 11.5 Å². The van der Waals surface area contributed by atoms with E-state index in [0.29, 0.717) is 17.1 Å². The first-order valence-electron chi connectivity index (χ1n) is 5.89. The van der Waals surface area contributed by atoms with E-state index in [0.717, 1.165) is 0 Å². The molecule has 0 atom stereocenters. The van der Waals surface area contributed by atoms with Crippen LogP contribution in [0.2, 0.25) is 0 Å². The van der Waals surface area contributed by atoms with Gasteiger partial charge in [-0.25, -0.2) is 9.78 Å². The monoisotopic (exact) mass is 271 g/mol. The summed E-state index contributed by atoms with van der Waals surface area (Å²) in [6, 6.07) is 11.4. The van der Waals surface area contributed by atoms with Crippen LogP contribution in [0.3, 0.4) is 0 Å². The summed E-state index contributed by atoms with van der Waals surface area (Å²) < 4.78 is 4.88. The molecule has 0 aliphatic heterocycles. The van der Waals surface area contributed by atoms with Crippen molar-refractivity contribution in [2.75, 3.05) is 17.7 Å². The van der Waals surface area contributed by atoms with E-state index in [1.807, 2.05) is 0 Å². The minimum atomic E-state index is -0.582. The number of nitrogens with one attached hydrogen (secondary N) is 1. The molecule has 0 radical (unpaired) electrons. The van der Waals surface area contributed by atoms with Gasteiger partial charge in [-0.2, -0.15) is 0 Å². The Labute approximate surface area is 115 Å². The van der Waals surface area contributed by atoms with Crippen LogP contribution in [0.5, 0.6) is 0 Å². The highest BCUT2D eigenvalue weighted by Gasteiger charge is 2.10. The molecule has 6 nitrogen and oxygen atoms in total. The van der Waals surface area contributed by atoms with Gasteiger partial charge >= 0.3 is 5.97 Å². The highest BCUT2D eigenvalue weighted by atomic mass is 16.5. The number of carbonyl (C=O) groups excluding carboxylic acids is 2. The van der Waals surface area contributed by atoms with Crippen molar-refractivity contribution in [1.82, 2.24) is 4.98 Å². The number of esters is 1. The molecule has 0 bridgehead atoms. The maximum absolute atomic E-state index is 11.7. The molecule has 1 heterocycles. The average Bonchev–Trinajstić information content (AvgIpc) is 2.46. The maximum atomic E-state index is 11.7. The van der Waals surface area contributed by atoms with Gasteiger partial charge in [0.25, 0.3) is 5.91 Å². The topological polar surface area (TPSA) is 94.3 Å². The van der Waals surface area contributed by atoms with Crippen LogP contribution in [-0.4, -0.2) is 23.5 Å². The molecular formula is C14H13N3O3. The number of anilines is 2. The molecule has 2 rings (SSSR count). The fraction of sp³-hybridized carbons (Fsp3) is 0.0714. The summed E-state index contributed by atoms with van der Waals surface area (Å²) in [4.78, 5) is 27.1. The van der Waals surface area contributed by atoms with E-state index in [9.17, 15) is 9.59 Å². The van der Waals surface area contributed by atoms with Crippen LogP contribution < -0.4 is 11.1 Å². The number of carbonyl (C=O) groups is 2. The number of hydrogen-bond donors (Lipinski definition) is 2. The zero-order valence-electron chi connectivity index (χ0n) is 10.6. The number of benzene rings is 1. The fourth-order valence-electron chi connectivity index (χ4n) is 1.45. The van der Waals surface area contributed by atoms with Crippen LogP contribution in [0.1, 0.15) is 10.4 Å². The molecule has 0 aliphatic carbocycles. The van der Waals surface area contributed by atoms with Gasteiger partial charge in [0.05, 0.1) is 5.56 Å². The lowest BCUT2D eigenvalue weighted by atomic mass is 10.2. The van der Waals surface area contributed by atoms with Gasteiger partial charge in [0.1, 0.15) is 5.82 Å². The summed E-state index contributed by atoms with van der Waals surface area (Å²) in [7, 11) is 0. The first-order valence-corrected chi connectivity index (χ1v) is 5.89. The van der Waals surface area contributed by atoms with Crippen molar-refractivity contribution >= 4 is 23.4 Å². The molecule has 0 aliphatic rings. The lowest BCUT2D eigenvalue weighted by Gasteiger charge is -2.06. The summed E-state index contributed by atoms with van der Waals surface area (Å²) in [6.07, 6.45) is 1.55. The minimum absolute atomic E-state index is 0.338. The SMILES string of the molecule is Nc1ccc(C(=O)OCC(=O)Nc2ccccn2)cc1. The van der Waals surface area contributed by atoms with Crippen LogP contribution in [0, 0.1) is 0 Å². The summed E-state index contributed by atoms with van der Waals surface area (Å²) in [5, 5.41) is 2.51. The molecule has 0 unspecified atom stereocenters. The number of aromatic nitrogens is 1. The van der Waals surface area contributed by atoms with Gasteiger partial charge < -0.3 is 15.8 Å². The zero-order chi connectivity index (χ0) is 14.4. The highest BCUT2D eigenvalue weighted by Crippen LogP contribution is 2.07. The third-order valence-electron chi connectivity index (χ3n) is 2.41. The highest BCUT2D eigenvalue weighted by molar-refractivity contribution is 5.95. The first kappa shape index (κ1) is 13.5. The number of rotatable bonds is 4. The van der Waals surface area contributed by atoms with E-state index >= 15 is 0 Å². The number of amides is 1. The summed E-state index contributed by atoms with van der Waals surface area (Å²) in [6.45, 7) is -0.375. The summed E-state index contributed by atoms with van der Waals surface area (Å²) in [5.74, 6) is -0.630. The van der Waals surface area contributed by atoms with Gasteiger partial charge in [-0.15, -0.1) is 0 Å². The second kappa shape index (κ2) is 6.33. The van der Waals surface area contributed by atoms with Gasteiger partial charge in [0, 0.05) is 11.9 Å². The van der Waals surface area contributed by atoms with Crippen LogP contribution in [-0.2, 0) is 9.53 Å². The van der Waals surface area contributed by atoms with E-state index < -0.39 is 11.9 Å². The van der Waals surface area contributed by atoms with Gasteiger partial charge in [-0.3, -0.25) is 4.79 Å². The molecule has 0 saturated heterocycles. The minimum Gasteiger partial charge on any atom is -0.452 e. The number of ether oxygens (including phenoxy) is 1. The van der Waals surface area contributed by atoms with Crippen molar-refractivity contribution in [3.63, 3.8) is 0 Å². The standard InChI is InChI=1S/C14H13N3O3/c15-11-6-4-10(5-7-11)14(19)20-9-13(18)17-12-3-1-2-8-16-12/h1-8H,9,15H2,(H,16,17,18). The summed E-state index contributed by atoms with van der Waals surface area (Å²) >= 11 is 0. The Kier molecular flexibility index (Phi) is 4.28. The molecule has 1 amide bonds. The molecule has 3 N–H and O–H groups in total. The molecule has 1 aromatic carbocycles. The average molecular weight is 271 g/mol. The normalized spacial score (nSPS) is 9.80. The Morgan fingerprint density at radius 2 is 1.90 bits per heavy atom. The van der Waals surface area contributed by atoms with Crippen molar-refractivity contribution in [3.8, 4) is 0 Å². The number of nitrogens with zero attached hydrogens (tertiary/aromatic N) is 1.